The minimum atomic E-state index is 0.182. The molecule has 2 rings (SSSR count). The van der Waals surface area contributed by atoms with E-state index in [-0.39, 0.29) is 5.95 Å². The van der Waals surface area contributed by atoms with E-state index in [0.29, 0.717) is 11.0 Å². The number of nitrogens with two attached hydrogens (primary N) is 1. The number of rotatable bonds is 3. The van der Waals surface area contributed by atoms with Crippen molar-refractivity contribution in [3.8, 4) is 0 Å². The fraction of sp³-hybridized carbons (Fsp3) is 0.167. The largest absolute Gasteiger partial charge is 0.368 e. The summed E-state index contributed by atoms with van der Waals surface area (Å²) in [6.45, 7) is 2.82. The van der Waals surface area contributed by atoms with E-state index in [1.807, 2.05) is 42.2 Å². The Morgan fingerprint density at radius 3 is 2.53 bits per heavy atom. The minimum Gasteiger partial charge on any atom is -0.368 e. The van der Waals surface area contributed by atoms with E-state index in [1.54, 1.807) is 6.07 Å². The van der Waals surface area contributed by atoms with Crippen LogP contribution in [0.15, 0.2) is 36.4 Å². The van der Waals surface area contributed by atoms with Crippen LogP contribution in [-0.2, 0) is 0 Å². The second kappa shape index (κ2) is 5.01. The number of anilines is 3. The molecule has 1 heterocycles. The highest BCUT2D eigenvalue weighted by molar-refractivity contribution is 6.29. The van der Waals surface area contributed by atoms with E-state index >= 15 is 0 Å². The molecule has 2 N–H and O–H groups in total. The molecule has 0 bridgehead atoms. The Morgan fingerprint density at radius 2 is 1.94 bits per heavy atom. The molecule has 4 nitrogen and oxygen atoms in total. The molecule has 0 fully saturated rings. The topological polar surface area (TPSA) is 55.0 Å². The van der Waals surface area contributed by atoms with Crippen molar-refractivity contribution in [3.63, 3.8) is 0 Å². The molecule has 2 aromatic rings. The van der Waals surface area contributed by atoms with Crippen LogP contribution < -0.4 is 10.6 Å². The number of hydrogen-bond donors (Lipinski definition) is 1. The summed E-state index contributed by atoms with van der Waals surface area (Å²) in [6.07, 6.45) is 0. The third-order valence-electron chi connectivity index (χ3n) is 2.36. The van der Waals surface area contributed by atoms with Gasteiger partial charge >= 0.3 is 0 Å². The predicted octanol–water partition coefficient (Wildman–Crippen LogP) is 2.87. The van der Waals surface area contributed by atoms with Gasteiger partial charge in [0.25, 0.3) is 0 Å². The maximum absolute atomic E-state index is 5.88. The van der Waals surface area contributed by atoms with Crippen molar-refractivity contribution < 1.29 is 0 Å². The number of halogens is 1. The zero-order valence-corrected chi connectivity index (χ0v) is 10.2. The van der Waals surface area contributed by atoms with E-state index in [0.717, 1.165) is 12.2 Å². The third-order valence-corrected chi connectivity index (χ3v) is 2.55. The molecule has 0 aliphatic carbocycles. The van der Waals surface area contributed by atoms with Crippen molar-refractivity contribution in [1.29, 1.82) is 0 Å². The standard InChI is InChI=1S/C12H13ClN4/c1-2-17(9-6-4-3-5-7-9)11-8-10(13)15-12(14)16-11/h3-8H,2H2,1H3,(H2,14,15,16). The first-order valence-corrected chi connectivity index (χ1v) is 5.71. The molecule has 1 aromatic carbocycles. The summed E-state index contributed by atoms with van der Waals surface area (Å²) in [4.78, 5) is 10.1. The average molecular weight is 249 g/mol. The molecule has 0 atom stereocenters. The van der Waals surface area contributed by atoms with E-state index < -0.39 is 0 Å². The monoisotopic (exact) mass is 248 g/mol. The third kappa shape index (κ3) is 2.65. The van der Waals surface area contributed by atoms with E-state index in [1.165, 1.54) is 0 Å². The van der Waals surface area contributed by atoms with Crippen molar-refractivity contribution >= 4 is 29.1 Å². The van der Waals surface area contributed by atoms with E-state index in [9.17, 15) is 0 Å². The zero-order valence-electron chi connectivity index (χ0n) is 9.47. The van der Waals surface area contributed by atoms with Crippen LogP contribution in [0, 0.1) is 0 Å². The van der Waals surface area contributed by atoms with E-state index in [2.05, 4.69) is 9.97 Å². The van der Waals surface area contributed by atoms with Gasteiger partial charge in [0.05, 0.1) is 0 Å². The van der Waals surface area contributed by atoms with Crippen LogP contribution in [0.3, 0.4) is 0 Å². The molecule has 0 aliphatic heterocycles. The van der Waals surface area contributed by atoms with Gasteiger partial charge in [-0.25, -0.2) is 4.98 Å². The molecular weight excluding hydrogens is 236 g/mol. The highest BCUT2D eigenvalue weighted by Gasteiger charge is 2.10. The average Bonchev–Trinajstić information content (AvgIpc) is 2.30. The lowest BCUT2D eigenvalue weighted by Gasteiger charge is -2.22. The summed E-state index contributed by atoms with van der Waals surface area (Å²) >= 11 is 5.88. The highest BCUT2D eigenvalue weighted by Crippen LogP contribution is 2.25. The molecule has 0 amide bonds. The van der Waals surface area contributed by atoms with Crippen molar-refractivity contribution in [2.24, 2.45) is 0 Å². The second-order valence-electron chi connectivity index (χ2n) is 3.49. The SMILES string of the molecule is CCN(c1ccccc1)c1cc(Cl)nc(N)n1. The Bertz CT molecular complexity index is 481. The van der Waals surface area contributed by atoms with Crippen LogP contribution in [0.25, 0.3) is 0 Å². The van der Waals surface area contributed by atoms with Gasteiger partial charge in [-0.15, -0.1) is 0 Å². The zero-order chi connectivity index (χ0) is 12.3. The van der Waals surface area contributed by atoms with Crippen molar-refractivity contribution in [2.45, 2.75) is 6.92 Å². The maximum Gasteiger partial charge on any atom is 0.223 e. The predicted molar refractivity (Wildman–Crippen MR) is 70.6 cm³/mol. The first-order chi connectivity index (χ1) is 8.20. The van der Waals surface area contributed by atoms with Gasteiger partial charge in [0.15, 0.2) is 0 Å². The van der Waals surface area contributed by atoms with Crippen LogP contribution in [0.4, 0.5) is 17.5 Å². The molecule has 1 aromatic heterocycles. The number of nitrogens with zero attached hydrogens (tertiary/aromatic N) is 3. The molecule has 0 aliphatic rings. The normalized spacial score (nSPS) is 10.2. The summed E-state index contributed by atoms with van der Waals surface area (Å²) < 4.78 is 0. The number of para-hydroxylation sites is 1. The van der Waals surface area contributed by atoms with Gasteiger partial charge in [-0.2, -0.15) is 4.98 Å². The Morgan fingerprint density at radius 1 is 1.24 bits per heavy atom. The van der Waals surface area contributed by atoms with Gasteiger partial charge in [-0.05, 0) is 19.1 Å². The molecule has 0 saturated heterocycles. The summed E-state index contributed by atoms with van der Waals surface area (Å²) in [6, 6.07) is 11.6. The van der Waals surface area contributed by atoms with Crippen molar-refractivity contribution in [1.82, 2.24) is 9.97 Å². The number of nitrogen functional groups attached to an aromatic ring is 1. The first kappa shape index (κ1) is 11.7. The first-order valence-electron chi connectivity index (χ1n) is 5.33. The lowest BCUT2D eigenvalue weighted by Crippen LogP contribution is -2.18. The van der Waals surface area contributed by atoms with Gasteiger partial charge in [-0.3, -0.25) is 0 Å². The van der Waals surface area contributed by atoms with Gasteiger partial charge in [0.2, 0.25) is 5.95 Å². The maximum atomic E-state index is 5.88. The minimum absolute atomic E-state index is 0.182. The Kier molecular flexibility index (Phi) is 3.44. The van der Waals surface area contributed by atoms with Gasteiger partial charge < -0.3 is 10.6 Å². The fourth-order valence-corrected chi connectivity index (χ4v) is 1.83. The van der Waals surface area contributed by atoms with Crippen LogP contribution >= 0.6 is 11.6 Å². The quantitative estimate of drug-likeness (QED) is 0.849. The Balaban J connectivity index is 2.42. The summed E-state index contributed by atoms with van der Waals surface area (Å²) in [7, 11) is 0. The lowest BCUT2D eigenvalue weighted by molar-refractivity contribution is 0.981. The summed E-state index contributed by atoms with van der Waals surface area (Å²) in [5.74, 6) is 0.887. The van der Waals surface area contributed by atoms with Crippen LogP contribution in [0.1, 0.15) is 6.92 Å². The number of aromatic nitrogens is 2. The number of benzene rings is 1. The van der Waals surface area contributed by atoms with Gasteiger partial charge in [0, 0.05) is 18.3 Å². The Hall–Kier alpha value is -1.81. The van der Waals surface area contributed by atoms with Crippen molar-refractivity contribution in [3.05, 3.63) is 41.6 Å². The lowest BCUT2D eigenvalue weighted by atomic mass is 10.3. The molecular formula is C12H13ClN4. The smallest absolute Gasteiger partial charge is 0.223 e. The molecule has 0 saturated carbocycles. The molecule has 17 heavy (non-hydrogen) atoms. The van der Waals surface area contributed by atoms with Crippen molar-refractivity contribution in [2.75, 3.05) is 17.2 Å². The highest BCUT2D eigenvalue weighted by atomic mass is 35.5. The number of hydrogen-bond acceptors (Lipinski definition) is 4. The molecule has 0 radical (unpaired) electrons. The van der Waals surface area contributed by atoms with Crippen LogP contribution in [0.5, 0.6) is 0 Å². The molecule has 0 spiro atoms. The summed E-state index contributed by atoms with van der Waals surface area (Å²) in [5, 5.41) is 0.349. The Labute approximate surface area is 105 Å². The van der Waals surface area contributed by atoms with E-state index in [4.69, 9.17) is 17.3 Å². The molecule has 0 unspecified atom stereocenters. The van der Waals surface area contributed by atoms with Crippen LogP contribution in [-0.4, -0.2) is 16.5 Å². The van der Waals surface area contributed by atoms with Crippen LogP contribution in [0.2, 0.25) is 5.15 Å². The van der Waals surface area contributed by atoms with Gasteiger partial charge in [0.1, 0.15) is 11.0 Å². The second-order valence-corrected chi connectivity index (χ2v) is 3.87. The molecule has 88 valence electrons. The summed E-state index contributed by atoms with van der Waals surface area (Å²) in [5.41, 5.74) is 6.64. The fourth-order valence-electron chi connectivity index (χ4n) is 1.65. The van der Waals surface area contributed by atoms with Gasteiger partial charge in [-0.1, -0.05) is 29.8 Å². The molecule has 5 heteroatoms.